The normalized spacial score (nSPS) is 17.3. The van der Waals surface area contributed by atoms with Crippen LogP contribution >= 0.6 is 11.6 Å². The number of ether oxygens (including phenoxy) is 1. The number of benzene rings is 2. The van der Waals surface area contributed by atoms with Gasteiger partial charge in [-0.2, -0.15) is 4.98 Å². The van der Waals surface area contributed by atoms with Crippen LogP contribution in [0.4, 0.5) is 0 Å². The lowest BCUT2D eigenvalue weighted by Crippen LogP contribution is -2.22. The minimum absolute atomic E-state index is 0.363. The van der Waals surface area contributed by atoms with Crippen molar-refractivity contribution in [2.75, 3.05) is 13.2 Å². The number of nitrogens with zero attached hydrogens (tertiary/aromatic N) is 3. The number of halogens is 1. The van der Waals surface area contributed by atoms with E-state index in [0.717, 1.165) is 30.7 Å². The van der Waals surface area contributed by atoms with E-state index in [0.29, 0.717) is 35.9 Å². The van der Waals surface area contributed by atoms with E-state index < -0.39 is 0 Å². The second kappa shape index (κ2) is 8.11. The van der Waals surface area contributed by atoms with Gasteiger partial charge in [-0.3, -0.25) is 4.90 Å². The number of hydrogen-bond acceptors (Lipinski definition) is 5. The summed E-state index contributed by atoms with van der Waals surface area (Å²) in [5, 5.41) is 4.77. The Bertz CT molecular complexity index is 894. The molecule has 27 heavy (non-hydrogen) atoms. The molecule has 1 atom stereocenters. The average molecular weight is 384 g/mol. The third-order valence-electron chi connectivity index (χ3n) is 4.83. The highest BCUT2D eigenvalue weighted by atomic mass is 35.5. The Kier molecular flexibility index (Phi) is 5.41. The maximum atomic E-state index is 6.05. The largest absolute Gasteiger partial charge is 0.494 e. The molecule has 0 spiro atoms. The molecule has 5 nitrogen and oxygen atoms in total. The SMILES string of the molecule is CCOc1ccc(C2CCCN2Cc2nc(-c3cccc(Cl)c3)no2)cc1. The molecule has 1 saturated heterocycles. The number of hydrogen-bond donors (Lipinski definition) is 0. The lowest BCUT2D eigenvalue weighted by atomic mass is 10.0. The van der Waals surface area contributed by atoms with Gasteiger partial charge in [-0.15, -0.1) is 0 Å². The van der Waals surface area contributed by atoms with Crippen LogP contribution in [-0.2, 0) is 6.54 Å². The van der Waals surface area contributed by atoms with Crippen molar-refractivity contribution in [3.63, 3.8) is 0 Å². The van der Waals surface area contributed by atoms with Gasteiger partial charge < -0.3 is 9.26 Å². The van der Waals surface area contributed by atoms with E-state index >= 15 is 0 Å². The van der Waals surface area contributed by atoms with Gasteiger partial charge >= 0.3 is 0 Å². The summed E-state index contributed by atoms with van der Waals surface area (Å²) in [5.41, 5.74) is 2.16. The quantitative estimate of drug-likeness (QED) is 0.590. The lowest BCUT2D eigenvalue weighted by Gasteiger charge is -2.23. The van der Waals surface area contributed by atoms with Crippen molar-refractivity contribution in [2.24, 2.45) is 0 Å². The summed E-state index contributed by atoms with van der Waals surface area (Å²) >= 11 is 6.05. The van der Waals surface area contributed by atoms with Gasteiger partial charge in [-0.1, -0.05) is 41.0 Å². The highest BCUT2D eigenvalue weighted by Gasteiger charge is 2.27. The van der Waals surface area contributed by atoms with Crippen molar-refractivity contribution in [2.45, 2.75) is 32.4 Å². The maximum absolute atomic E-state index is 6.05. The number of likely N-dealkylation sites (tertiary alicyclic amines) is 1. The summed E-state index contributed by atoms with van der Waals surface area (Å²) in [5.74, 6) is 2.11. The first-order chi connectivity index (χ1) is 13.2. The fourth-order valence-electron chi connectivity index (χ4n) is 3.58. The molecule has 1 aliphatic heterocycles. The van der Waals surface area contributed by atoms with E-state index in [-0.39, 0.29) is 0 Å². The molecular formula is C21H22ClN3O2. The molecule has 0 radical (unpaired) electrons. The van der Waals surface area contributed by atoms with Crippen LogP contribution in [0.15, 0.2) is 53.1 Å². The van der Waals surface area contributed by atoms with Crippen LogP contribution < -0.4 is 4.74 Å². The molecule has 140 valence electrons. The molecule has 0 bridgehead atoms. The van der Waals surface area contributed by atoms with Gasteiger partial charge in [-0.25, -0.2) is 0 Å². The van der Waals surface area contributed by atoms with Crippen molar-refractivity contribution in [1.29, 1.82) is 0 Å². The fraction of sp³-hybridized carbons (Fsp3) is 0.333. The molecule has 1 fully saturated rings. The Morgan fingerprint density at radius 3 is 2.85 bits per heavy atom. The van der Waals surface area contributed by atoms with Gasteiger partial charge in [0, 0.05) is 16.6 Å². The molecule has 0 aliphatic carbocycles. The summed E-state index contributed by atoms with van der Waals surface area (Å²) in [6, 6.07) is 16.2. The lowest BCUT2D eigenvalue weighted by molar-refractivity contribution is 0.212. The molecule has 1 unspecified atom stereocenters. The Balaban J connectivity index is 1.47. The van der Waals surface area contributed by atoms with Crippen LogP contribution in [0.25, 0.3) is 11.4 Å². The second-order valence-corrected chi connectivity index (χ2v) is 7.09. The molecule has 0 saturated carbocycles. The Labute approximate surface area is 163 Å². The van der Waals surface area contributed by atoms with Gasteiger partial charge in [0.2, 0.25) is 11.7 Å². The molecule has 3 aromatic rings. The van der Waals surface area contributed by atoms with Gasteiger partial charge in [0.25, 0.3) is 0 Å². The summed E-state index contributed by atoms with van der Waals surface area (Å²) in [4.78, 5) is 6.95. The maximum Gasteiger partial charge on any atom is 0.241 e. The standard InChI is InChI=1S/C21H22ClN3O2/c1-2-26-18-10-8-15(9-11-18)19-7-4-12-25(19)14-20-23-21(24-27-20)16-5-3-6-17(22)13-16/h3,5-6,8-11,13,19H,2,4,7,12,14H2,1H3. The van der Waals surface area contributed by atoms with Gasteiger partial charge in [0.15, 0.2) is 0 Å². The van der Waals surface area contributed by atoms with Crippen molar-refractivity contribution >= 4 is 11.6 Å². The topological polar surface area (TPSA) is 51.4 Å². The van der Waals surface area contributed by atoms with Crippen molar-refractivity contribution in [1.82, 2.24) is 15.0 Å². The minimum Gasteiger partial charge on any atom is -0.494 e. The van der Waals surface area contributed by atoms with Crippen molar-refractivity contribution in [3.8, 4) is 17.1 Å². The number of aromatic nitrogens is 2. The van der Waals surface area contributed by atoms with Gasteiger partial charge in [0.1, 0.15) is 5.75 Å². The molecule has 2 aromatic carbocycles. The van der Waals surface area contributed by atoms with E-state index in [2.05, 4.69) is 27.2 Å². The summed E-state index contributed by atoms with van der Waals surface area (Å²) < 4.78 is 11.0. The first-order valence-electron chi connectivity index (χ1n) is 9.28. The molecule has 0 N–H and O–H groups in total. The molecule has 1 aliphatic rings. The minimum atomic E-state index is 0.363. The highest BCUT2D eigenvalue weighted by Crippen LogP contribution is 2.34. The van der Waals surface area contributed by atoms with E-state index in [4.69, 9.17) is 20.9 Å². The molecular weight excluding hydrogens is 362 g/mol. The smallest absolute Gasteiger partial charge is 0.241 e. The van der Waals surface area contributed by atoms with Crippen LogP contribution in [-0.4, -0.2) is 28.2 Å². The third-order valence-corrected chi connectivity index (χ3v) is 5.06. The van der Waals surface area contributed by atoms with Crippen LogP contribution in [0, 0.1) is 0 Å². The third kappa shape index (κ3) is 4.15. The highest BCUT2D eigenvalue weighted by molar-refractivity contribution is 6.30. The van der Waals surface area contributed by atoms with Crippen LogP contribution in [0.1, 0.15) is 37.3 Å². The van der Waals surface area contributed by atoms with Crippen LogP contribution in [0.5, 0.6) is 5.75 Å². The summed E-state index contributed by atoms with van der Waals surface area (Å²) in [6.45, 7) is 4.34. The summed E-state index contributed by atoms with van der Waals surface area (Å²) in [7, 11) is 0. The van der Waals surface area contributed by atoms with Crippen molar-refractivity contribution in [3.05, 3.63) is 65.0 Å². The Morgan fingerprint density at radius 2 is 2.07 bits per heavy atom. The zero-order valence-corrected chi connectivity index (χ0v) is 16.0. The Morgan fingerprint density at radius 1 is 1.22 bits per heavy atom. The zero-order chi connectivity index (χ0) is 18.6. The first kappa shape index (κ1) is 18.0. The molecule has 2 heterocycles. The second-order valence-electron chi connectivity index (χ2n) is 6.65. The van der Waals surface area contributed by atoms with Gasteiger partial charge in [-0.05, 0) is 56.1 Å². The average Bonchev–Trinajstić information content (AvgIpc) is 3.33. The van der Waals surface area contributed by atoms with Crippen LogP contribution in [0.3, 0.4) is 0 Å². The summed E-state index contributed by atoms with van der Waals surface area (Å²) in [6.07, 6.45) is 2.29. The number of rotatable bonds is 6. The van der Waals surface area contributed by atoms with E-state index in [1.54, 1.807) is 0 Å². The monoisotopic (exact) mass is 383 g/mol. The van der Waals surface area contributed by atoms with E-state index in [1.807, 2.05) is 43.3 Å². The van der Waals surface area contributed by atoms with E-state index in [9.17, 15) is 0 Å². The first-order valence-corrected chi connectivity index (χ1v) is 9.66. The fourth-order valence-corrected chi connectivity index (χ4v) is 3.77. The molecule has 1 aromatic heterocycles. The molecule has 4 rings (SSSR count). The predicted molar refractivity (Wildman–Crippen MR) is 105 cm³/mol. The predicted octanol–water partition coefficient (Wildman–Crippen LogP) is 5.13. The van der Waals surface area contributed by atoms with Crippen molar-refractivity contribution < 1.29 is 9.26 Å². The zero-order valence-electron chi connectivity index (χ0n) is 15.3. The molecule has 0 amide bonds. The van der Waals surface area contributed by atoms with Gasteiger partial charge in [0.05, 0.1) is 13.2 Å². The Hall–Kier alpha value is -2.37. The van der Waals surface area contributed by atoms with E-state index in [1.165, 1.54) is 5.56 Å². The van der Waals surface area contributed by atoms with Crippen LogP contribution in [0.2, 0.25) is 5.02 Å². The molecule has 6 heteroatoms.